The maximum absolute atomic E-state index is 10.3. The second-order valence-corrected chi connectivity index (χ2v) is 5.23. The van der Waals surface area contributed by atoms with E-state index in [2.05, 4.69) is 0 Å². The fourth-order valence-electron chi connectivity index (χ4n) is 0.481. The van der Waals surface area contributed by atoms with Crippen molar-refractivity contribution >= 4 is 25.2 Å². The maximum Gasteiger partial charge on any atom is 0.367 e. The Labute approximate surface area is 58.6 Å². The Balaban J connectivity index is 2.88. The summed E-state index contributed by atoms with van der Waals surface area (Å²) in [5.41, 5.74) is 0. The zero-order chi connectivity index (χ0) is 6.91. The van der Waals surface area contributed by atoms with Crippen LogP contribution in [0.4, 0.5) is 4.79 Å². The number of rotatable bonds is 0. The molecule has 0 spiro atoms. The summed E-state index contributed by atoms with van der Waals surface area (Å²) < 4.78 is 0. The number of carbonyl (C=O) groups is 1. The fourth-order valence-corrected chi connectivity index (χ4v) is 1.80. The van der Waals surface area contributed by atoms with Crippen molar-refractivity contribution in [2.45, 2.75) is 0 Å². The highest BCUT2D eigenvalue weighted by molar-refractivity contribution is 8.64. The van der Waals surface area contributed by atoms with Crippen LogP contribution in [0.5, 0.6) is 0 Å². The van der Waals surface area contributed by atoms with Crippen LogP contribution in [-0.4, -0.2) is 10.4 Å². The summed E-state index contributed by atoms with van der Waals surface area (Å²) in [7, 11) is 3.52. The van der Waals surface area contributed by atoms with Crippen LogP contribution in [0.15, 0.2) is 23.0 Å². The zero-order valence-corrected chi connectivity index (χ0v) is 6.02. The molecule has 1 rings (SSSR count). The molecule has 0 saturated carbocycles. The van der Waals surface area contributed by atoms with Gasteiger partial charge >= 0.3 is 5.30 Å². The van der Waals surface area contributed by atoms with E-state index in [4.69, 9.17) is 15.8 Å². The Bertz CT molecular complexity index is 185. The van der Waals surface area contributed by atoms with Crippen LogP contribution in [0.2, 0.25) is 0 Å². The van der Waals surface area contributed by atoms with Gasteiger partial charge in [0.15, 0.2) is 0 Å². The van der Waals surface area contributed by atoms with Crippen LogP contribution in [0.1, 0.15) is 0 Å². The SMILES string of the molecule is O=C(O)S1(Cl)C=CC=C1. The minimum absolute atomic E-state index is 0.950. The Hall–Kier alpha value is -0.410. The smallest absolute Gasteiger partial charge is 0.367 e. The first-order chi connectivity index (χ1) is 4.15. The molecule has 4 heteroatoms. The molecule has 50 valence electrons. The molecule has 9 heavy (non-hydrogen) atoms. The molecule has 0 fully saturated rings. The van der Waals surface area contributed by atoms with Crippen LogP contribution in [0, 0.1) is 0 Å². The normalized spacial score (nSPS) is 24.1. The molecule has 0 atom stereocenters. The van der Waals surface area contributed by atoms with Crippen molar-refractivity contribution in [3.63, 3.8) is 0 Å². The Morgan fingerprint density at radius 3 is 2.11 bits per heavy atom. The first-order valence-electron chi connectivity index (χ1n) is 2.26. The third-order valence-electron chi connectivity index (χ3n) is 0.932. The van der Waals surface area contributed by atoms with Gasteiger partial charge in [-0.25, -0.2) is 4.79 Å². The van der Waals surface area contributed by atoms with E-state index in [0.29, 0.717) is 0 Å². The third-order valence-corrected chi connectivity index (χ3v) is 3.59. The van der Waals surface area contributed by atoms with Crippen molar-refractivity contribution < 1.29 is 9.90 Å². The second-order valence-electron chi connectivity index (χ2n) is 1.55. The van der Waals surface area contributed by atoms with E-state index in [1.807, 2.05) is 0 Å². The average molecular weight is 165 g/mol. The van der Waals surface area contributed by atoms with E-state index >= 15 is 0 Å². The molecule has 0 saturated heterocycles. The summed E-state index contributed by atoms with van der Waals surface area (Å²) >= 11 is 0. The highest BCUT2D eigenvalue weighted by Crippen LogP contribution is 2.58. The lowest BCUT2D eigenvalue weighted by Crippen LogP contribution is -1.94. The molecule has 0 radical (unpaired) electrons. The monoisotopic (exact) mass is 164 g/mol. The van der Waals surface area contributed by atoms with Gasteiger partial charge in [0.25, 0.3) is 0 Å². The number of hydrogen-bond donors (Lipinski definition) is 1. The summed E-state index contributed by atoms with van der Waals surface area (Å²) in [4.78, 5) is 10.3. The van der Waals surface area contributed by atoms with E-state index in [0.717, 1.165) is 0 Å². The summed E-state index contributed by atoms with van der Waals surface area (Å²) in [6, 6.07) is 0. The van der Waals surface area contributed by atoms with E-state index in [1.54, 1.807) is 12.2 Å². The van der Waals surface area contributed by atoms with E-state index in [9.17, 15) is 4.79 Å². The van der Waals surface area contributed by atoms with Crippen molar-refractivity contribution in [2.24, 2.45) is 0 Å². The molecule has 0 bridgehead atoms. The molecule has 0 aromatic heterocycles. The van der Waals surface area contributed by atoms with Crippen LogP contribution < -0.4 is 0 Å². The molecule has 1 aliphatic heterocycles. The molecule has 0 amide bonds. The van der Waals surface area contributed by atoms with Crippen LogP contribution in [0.25, 0.3) is 0 Å². The van der Waals surface area contributed by atoms with Gasteiger partial charge in [-0.2, -0.15) is 0 Å². The predicted molar refractivity (Wildman–Crippen MR) is 39.7 cm³/mol. The topological polar surface area (TPSA) is 37.3 Å². The molecule has 0 aliphatic carbocycles. The number of halogens is 1. The summed E-state index contributed by atoms with van der Waals surface area (Å²) in [6.45, 7) is 0. The lowest BCUT2D eigenvalue weighted by molar-refractivity contribution is 0.222. The zero-order valence-electron chi connectivity index (χ0n) is 4.45. The van der Waals surface area contributed by atoms with E-state index in [1.165, 1.54) is 10.8 Å². The van der Waals surface area contributed by atoms with Gasteiger partial charge < -0.3 is 5.11 Å². The maximum atomic E-state index is 10.3. The molecule has 0 unspecified atom stereocenters. The molecular formula is C5H5ClO2S. The lowest BCUT2D eigenvalue weighted by atomic mass is 10.6. The van der Waals surface area contributed by atoms with Gasteiger partial charge in [-0.1, -0.05) is 12.2 Å². The summed E-state index contributed by atoms with van der Waals surface area (Å²) in [6.07, 6.45) is 3.30. The summed E-state index contributed by atoms with van der Waals surface area (Å²) in [5.74, 6) is 0. The van der Waals surface area contributed by atoms with Crippen molar-refractivity contribution in [1.82, 2.24) is 0 Å². The van der Waals surface area contributed by atoms with Crippen molar-refractivity contribution in [2.75, 3.05) is 0 Å². The first-order valence-corrected chi connectivity index (χ1v) is 4.84. The van der Waals surface area contributed by atoms with Crippen LogP contribution in [0.3, 0.4) is 0 Å². The molecule has 2 nitrogen and oxygen atoms in total. The second kappa shape index (κ2) is 2.08. The molecule has 1 N–H and O–H groups in total. The molecular weight excluding hydrogens is 160 g/mol. The third kappa shape index (κ3) is 1.11. The largest absolute Gasteiger partial charge is 0.473 e. The van der Waals surface area contributed by atoms with Crippen LogP contribution >= 0.6 is 19.9 Å². The standard InChI is InChI=1S/C5H5ClO2S/c6-9(5(7)8)3-1-2-4-9/h1-4H,(H,7,8). The Morgan fingerprint density at radius 2 is 1.89 bits per heavy atom. The first kappa shape index (κ1) is 6.71. The number of carboxylic acid groups (broad SMARTS) is 1. The van der Waals surface area contributed by atoms with Crippen molar-refractivity contribution in [3.8, 4) is 0 Å². The average Bonchev–Trinajstić information content (AvgIpc) is 2.16. The Morgan fingerprint density at radius 1 is 1.44 bits per heavy atom. The molecule has 1 aliphatic rings. The van der Waals surface area contributed by atoms with Crippen LogP contribution in [-0.2, 0) is 0 Å². The van der Waals surface area contributed by atoms with Gasteiger partial charge in [-0.15, -0.1) is 0 Å². The van der Waals surface area contributed by atoms with Crippen molar-refractivity contribution in [1.29, 1.82) is 0 Å². The van der Waals surface area contributed by atoms with Gasteiger partial charge in [-0.05, 0) is 30.7 Å². The quantitative estimate of drug-likeness (QED) is 0.598. The van der Waals surface area contributed by atoms with Gasteiger partial charge in [0, 0.05) is 0 Å². The van der Waals surface area contributed by atoms with Gasteiger partial charge in [0.2, 0.25) is 0 Å². The number of allylic oxidation sites excluding steroid dienone is 2. The molecule has 0 aromatic rings. The minimum atomic E-state index is -2.09. The highest BCUT2D eigenvalue weighted by atomic mass is 35.7. The Kier molecular flexibility index (Phi) is 1.55. The molecule has 0 aromatic carbocycles. The van der Waals surface area contributed by atoms with Gasteiger partial charge in [0.1, 0.15) is 0 Å². The van der Waals surface area contributed by atoms with E-state index in [-0.39, 0.29) is 0 Å². The van der Waals surface area contributed by atoms with E-state index < -0.39 is 14.5 Å². The highest BCUT2D eigenvalue weighted by Gasteiger charge is 2.25. The van der Waals surface area contributed by atoms with Crippen molar-refractivity contribution in [3.05, 3.63) is 23.0 Å². The lowest BCUT2D eigenvalue weighted by Gasteiger charge is -2.13. The fraction of sp³-hybridized carbons (Fsp3) is 0. The molecule has 1 heterocycles. The van der Waals surface area contributed by atoms with Gasteiger partial charge in [-0.3, -0.25) is 0 Å². The van der Waals surface area contributed by atoms with Gasteiger partial charge in [0.05, 0.1) is 0 Å². The minimum Gasteiger partial charge on any atom is -0.473 e. The number of hydrogen-bond acceptors (Lipinski definition) is 1. The predicted octanol–water partition coefficient (Wildman–Crippen LogP) is 2.66. The summed E-state index contributed by atoms with van der Waals surface area (Å²) in [5, 5.41) is 10.5.